The highest BCUT2D eigenvalue weighted by atomic mass is 32.2. The van der Waals surface area contributed by atoms with Crippen LogP contribution in [0.5, 0.6) is 0 Å². The molecule has 0 radical (unpaired) electrons. The lowest BCUT2D eigenvalue weighted by Crippen LogP contribution is -2.38. The van der Waals surface area contributed by atoms with Crippen LogP contribution in [0.1, 0.15) is 38.8 Å². The summed E-state index contributed by atoms with van der Waals surface area (Å²) in [4.78, 5) is 15.6. The predicted molar refractivity (Wildman–Crippen MR) is 81.7 cm³/mol. The molecule has 2 aromatic rings. The summed E-state index contributed by atoms with van der Waals surface area (Å²) >= 11 is 1.30. The van der Waals surface area contributed by atoms with Crippen LogP contribution in [0, 0.1) is 0 Å². The Balaban J connectivity index is 2.16. The van der Waals surface area contributed by atoms with E-state index in [1.165, 1.54) is 18.2 Å². The van der Waals surface area contributed by atoms with Gasteiger partial charge in [-0.2, -0.15) is 5.10 Å². The second-order valence-electron chi connectivity index (χ2n) is 5.86. The minimum atomic E-state index is -0.814. The Morgan fingerprint density at radius 1 is 1.48 bits per heavy atom. The zero-order chi connectivity index (χ0) is 15.2. The van der Waals surface area contributed by atoms with Crippen molar-refractivity contribution < 1.29 is 9.90 Å². The number of thioether (sulfide) groups is 1. The first-order valence-electron chi connectivity index (χ1n) is 7.25. The van der Waals surface area contributed by atoms with Crippen LogP contribution in [-0.4, -0.2) is 36.2 Å². The van der Waals surface area contributed by atoms with Crippen LogP contribution >= 0.6 is 11.8 Å². The fraction of sp³-hybridized carbons (Fsp3) is 0.643. The van der Waals surface area contributed by atoms with Crippen LogP contribution < -0.4 is 0 Å². The van der Waals surface area contributed by atoms with Gasteiger partial charge >= 0.3 is 5.97 Å². The van der Waals surface area contributed by atoms with Crippen LogP contribution in [0.3, 0.4) is 0 Å². The molecule has 0 unspecified atom stereocenters. The molecule has 2 heterocycles. The van der Waals surface area contributed by atoms with Gasteiger partial charge in [0.25, 0.3) is 0 Å². The Labute approximate surface area is 127 Å². The molecule has 0 aromatic carbocycles. The SMILES string of the molecule is CCc1nn(C)c2c1nc(SCC(=O)O)n2C1(C)CCC1. The van der Waals surface area contributed by atoms with E-state index in [9.17, 15) is 4.79 Å². The third-order valence-electron chi connectivity index (χ3n) is 4.30. The molecular formula is C14H20N4O2S. The number of aryl methyl sites for hydroxylation is 2. The van der Waals surface area contributed by atoms with Crippen molar-refractivity contribution in [3.8, 4) is 0 Å². The van der Waals surface area contributed by atoms with Crippen molar-refractivity contribution in [3.05, 3.63) is 5.69 Å². The van der Waals surface area contributed by atoms with Gasteiger partial charge in [-0.3, -0.25) is 14.0 Å². The van der Waals surface area contributed by atoms with Gasteiger partial charge in [0.05, 0.1) is 11.4 Å². The average Bonchev–Trinajstić information content (AvgIpc) is 2.92. The van der Waals surface area contributed by atoms with Crippen molar-refractivity contribution in [1.82, 2.24) is 19.3 Å². The number of hydrogen-bond donors (Lipinski definition) is 1. The van der Waals surface area contributed by atoms with E-state index in [0.717, 1.165) is 41.3 Å². The summed E-state index contributed by atoms with van der Waals surface area (Å²) in [6.45, 7) is 4.29. The number of hydrogen-bond acceptors (Lipinski definition) is 4. The summed E-state index contributed by atoms with van der Waals surface area (Å²) in [5.74, 6) is -0.778. The predicted octanol–water partition coefficient (Wildman–Crippen LogP) is 2.41. The number of imidazole rings is 1. The monoisotopic (exact) mass is 308 g/mol. The normalized spacial score (nSPS) is 17.1. The van der Waals surface area contributed by atoms with E-state index in [1.54, 1.807) is 0 Å². The molecule has 0 saturated heterocycles. The van der Waals surface area contributed by atoms with Crippen molar-refractivity contribution in [3.63, 3.8) is 0 Å². The number of aliphatic carboxylic acids is 1. The minimum absolute atomic E-state index is 0.0360. The molecule has 21 heavy (non-hydrogen) atoms. The Bertz CT molecular complexity index is 699. The maximum atomic E-state index is 10.9. The molecule has 2 aromatic heterocycles. The molecule has 3 rings (SSSR count). The first-order chi connectivity index (χ1) is 9.96. The van der Waals surface area contributed by atoms with Gasteiger partial charge in [0, 0.05) is 12.6 Å². The number of carboxylic acid groups (broad SMARTS) is 1. The van der Waals surface area contributed by atoms with Crippen molar-refractivity contribution in [2.24, 2.45) is 7.05 Å². The van der Waals surface area contributed by atoms with Gasteiger partial charge in [-0.1, -0.05) is 18.7 Å². The number of aromatic nitrogens is 4. The number of rotatable bonds is 5. The maximum absolute atomic E-state index is 10.9. The Morgan fingerprint density at radius 3 is 2.71 bits per heavy atom. The number of carboxylic acids is 1. The van der Waals surface area contributed by atoms with Crippen LogP contribution in [0.4, 0.5) is 0 Å². The highest BCUT2D eigenvalue weighted by Crippen LogP contribution is 2.43. The molecule has 0 bridgehead atoms. The zero-order valence-electron chi connectivity index (χ0n) is 12.6. The Kier molecular flexibility index (Phi) is 3.47. The molecule has 1 saturated carbocycles. The fourth-order valence-electron chi connectivity index (χ4n) is 3.02. The van der Waals surface area contributed by atoms with Crippen molar-refractivity contribution >= 4 is 28.9 Å². The van der Waals surface area contributed by atoms with Crippen molar-refractivity contribution in [1.29, 1.82) is 0 Å². The minimum Gasteiger partial charge on any atom is -0.481 e. The molecule has 1 aliphatic carbocycles. The van der Waals surface area contributed by atoms with E-state index in [2.05, 4.69) is 23.5 Å². The molecule has 0 spiro atoms. The highest BCUT2D eigenvalue weighted by Gasteiger charge is 2.38. The summed E-state index contributed by atoms with van der Waals surface area (Å²) in [5.41, 5.74) is 2.95. The average molecular weight is 308 g/mol. The van der Waals surface area contributed by atoms with Crippen molar-refractivity contribution in [2.75, 3.05) is 5.75 Å². The molecular weight excluding hydrogens is 288 g/mol. The van der Waals surface area contributed by atoms with E-state index < -0.39 is 5.97 Å². The molecule has 1 N–H and O–H groups in total. The summed E-state index contributed by atoms with van der Waals surface area (Å²) in [6.07, 6.45) is 4.24. The van der Waals surface area contributed by atoms with E-state index >= 15 is 0 Å². The summed E-state index contributed by atoms with van der Waals surface area (Å²) < 4.78 is 4.10. The lowest BCUT2D eigenvalue weighted by Gasteiger charge is -2.40. The molecule has 0 amide bonds. The number of nitrogens with zero attached hydrogens (tertiary/aromatic N) is 4. The van der Waals surface area contributed by atoms with E-state index in [1.807, 2.05) is 11.7 Å². The Morgan fingerprint density at radius 2 is 2.19 bits per heavy atom. The fourth-order valence-corrected chi connectivity index (χ4v) is 3.86. The van der Waals surface area contributed by atoms with Crippen LogP contribution in [0.2, 0.25) is 0 Å². The maximum Gasteiger partial charge on any atom is 0.313 e. The van der Waals surface area contributed by atoms with Gasteiger partial charge in [0.1, 0.15) is 5.52 Å². The third-order valence-corrected chi connectivity index (χ3v) is 5.23. The van der Waals surface area contributed by atoms with Gasteiger partial charge in [0.2, 0.25) is 0 Å². The molecule has 7 heteroatoms. The first kappa shape index (κ1) is 14.4. The van der Waals surface area contributed by atoms with Crippen LogP contribution in [0.25, 0.3) is 11.2 Å². The molecule has 1 aliphatic rings. The first-order valence-corrected chi connectivity index (χ1v) is 8.24. The molecule has 0 aliphatic heterocycles. The number of fused-ring (bicyclic) bond motifs is 1. The van der Waals surface area contributed by atoms with Gasteiger partial charge in [-0.25, -0.2) is 4.98 Å². The summed E-state index contributed by atoms with van der Waals surface area (Å²) in [7, 11) is 1.94. The summed E-state index contributed by atoms with van der Waals surface area (Å²) in [6, 6.07) is 0. The molecule has 6 nitrogen and oxygen atoms in total. The summed E-state index contributed by atoms with van der Waals surface area (Å²) in [5, 5.41) is 14.3. The smallest absolute Gasteiger partial charge is 0.313 e. The number of carbonyl (C=O) groups is 1. The van der Waals surface area contributed by atoms with Gasteiger partial charge in [-0.15, -0.1) is 0 Å². The quantitative estimate of drug-likeness (QED) is 0.859. The molecule has 0 atom stereocenters. The second-order valence-corrected chi connectivity index (χ2v) is 6.80. The van der Waals surface area contributed by atoms with E-state index in [-0.39, 0.29) is 11.3 Å². The lowest BCUT2D eigenvalue weighted by atomic mass is 9.78. The molecule has 1 fully saturated rings. The highest BCUT2D eigenvalue weighted by molar-refractivity contribution is 7.99. The Hall–Kier alpha value is -1.50. The van der Waals surface area contributed by atoms with Gasteiger partial charge in [0.15, 0.2) is 10.8 Å². The second kappa shape index (κ2) is 5.05. The van der Waals surface area contributed by atoms with Crippen LogP contribution in [-0.2, 0) is 23.8 Å². The van der Waals surface area contributed by atoms with E-state index in [4.69, 9.17) is 10.1 Å². The van der Waals surface area contributed by atoms with Gasteiger partial charge < -0.3 is 5.11 Å². The topological polar surface area (TPSA) is 72.9 Å². The lowest BCUT2D eigenvalue weighted by molar-refractivity contribution is -0.133. The van der Waals surface area contributed by atoms with Crippen LogP contribution in [0.15, 0.2) is 5.16 Å². The zero-order valence-corrected chi connectivity index (χ0v) is 13.4. The molecule has 114 valence electrons. The van der Waals surface area contributed by atoms with Gasteiger partial charge in [-0.05, 0) is 32.6 Å². The van der Waals surface area contributed by atoms with E-state index in [0.29, 0.717) is 0 Å². The standard InChI is InChI=1S/C14H20N4O2S/c1-4-9-11-12(17(3)16-9)18(14(2)6-5-7-14)13(15-11)21-8-10(19)20/h4-8H2,1-3H3,(H,19,20). The van der Waals surface area contributed by atoms with Crippen molar-refractivity contribution in [2.45, 2.75) is 50.2 Å². The largest absolute Gasteiger partial charge is 0.481 e. The third kappa shape index (κ3) is 2.23.